The predicted octanol–water partition coefficient (Wildman–Crippen LogP) is 2.35. The standard InChI is InChI=1S/C12H20N2OS2/c15-12-7-3-2-6-10(12)17-11(16)14(12)13-8-4-1-5-9-13/h10,15H,1-9H2/t10-,12-/m0/s1. The van der Waals surface area contributed by atoms with Crippen LogP contribution in [0.1, 0.15) is 44.9 Å². The molecule has 3 rings (SSSR count). The Bertz CT molecular complexity index is 320. The Morgan fingerprint density at radius 2 is 1.94 bits per heavy atom. The van der Waals surface area contributed by atoms with Crippen LogP contribution in [0, 0.1) is 0 Å². The highest BCUT2D eigenvalue weighted by Gasteiger charge is 2.53. The molecule has 0 bridgehead atoms. The Morgan fingerprint density at radius 1 is 1.18 bits per heavy atom. The molecule has 3 nitrogen and oxygen atoms in total. The molecule has 1 aliphatic carbocycles. The zero-order chi connectivity index (χ0) is 11.9. The van der Waals surface area contributed by atoms with Gasteiger partial charge in [-0.2, -0.15) is 0 Å². The fourth-order valence-corrected chi connectivity index (χ4v) is 5.20. The maximum atomic E-state index is 11.0. The van der Waals surface area contributed by atoms with Crippen molar-refractivity contribution in [3.63, 3.8) is 0 Å². The normalized spacial score (nSPS) is 39.5. The van der Waals surface area contributed by atoms with Gasteiger partial charge >= 0.3 is 0 Å². The monoisotopic (exact) mass is 272 g/mol. The molecule has 2 aliphatic heterocycles. The van der Waals surface area contributed by atoms with E-state index in [2.05, 4.69) is 10.0 Å². The molecule has 3 fully saturated rings. The molecule has 0 aromatic rings. The molecular formula is C12H20N2OS2. The highest BCUT2D eigenvalue weighted by molar-refractivity contribution is 8.23. The minimum atomic E-state index is -0.683. The predicted molar refractivity (Wildman–Crippen MR) is 74.7 cm³/mol. The zero-order valence-corrected chi connectivity index (χ0v) is 11.7. The summed E-state index contributed by atoms with van der Waals surface area (Å²) in [5.74, 6) is 0. The Morgan fingerprint density at radius 3 is 2.71 bits per heavy atom. The van der Waals surface area contributed by atoms with Gasteiger partial charge in [0.2, 0.25) is 0 Å². The summed E-state index contributed by atoms with van der Waals surface area (Å²) >= 11 is 7.21. The van der Waals surface area contributed by atoms with Crippen LogP contribution in [0.2, 0.25) is 0 Å². The first-order valence-electron chi connectivity index (χ1n) is 6.70. The summed E-state index contributed by atoms with van der Waals surface area (Å²) in [6.45, 7) is 2.10. The zero-order valence-electron chi connectivity index (χ0n) is 10.1. The topological polar surface area (TPSA) is 26.7 Å². The number of nitrogens with zero attached hydrogens (tertiary/aromatic N) is 2. The molecule has 96 valence electrons. The van der Waals surface area contributed by atoms with Crippen molar-refractivity contribution in [1.82, 2.24) is 10.0 Å². The van der Waals surface area contributed by atoms with E-state index in [1.165, 1.54) is 25.7 Å². The Kier molecular flexibility index (Phi) is 3.36. The summed E-state index contributed by atoms with van der Waals surface area (Å²) in [6.07, 6.45) is 8.10. The van der Waals surface area contributed by atoms with Crippen molar-refractivity contribution < 1.29 is 5.11 Å². The molecule has 17 heavy (non-hydrogen) atoms. The third kappa shape index (κ3) is 2.01. The lowest BCUT2D eigenvalue weighted by molar-refractivity contribution is -0.176. The summed E-state index contributed by atoms with van der Waals surface area (Å²) in [5, 5.41) is 15.6. The quantitative estimate of drug-likeness (QED) is 0.740. The highest BCUT2D eigenvalue weighted by atomic mass is 32.2. The average Bonchev–Trinajstić information content (AvgIpc) is 2.60. The van der Waals surface area contributed by atoms with Crippen LogP contribution in [0.15, 0.2) is 0 Å². The molecule has 2 saturated heterocycles. The van der Waals surface area contributed by atoms with Gasteiger partial charge in [-0.25, -0.2) is 5.01 Å². The first-order valence-corrected chi connectivity index (χ1v) is 7.99. The van der Waals surface area contributed by atoms with Crippen molar-refractivity contribution in [1.29, 1.82) is 0 Å². The van der Waals surface area contributed by atoms with Crippen molar-refractivity contribution in [2.75, 3.05) is 13.1 Å². The molecule has 0 radical (unpaired) electrons. The van der Waals surface area contributed by atoms with Crippen LogP contribution >= 0.6 is 24.0 Å². The molecule has 0 aromatic carbocycles. The Labute approximate surface area is 113 Å². The Hall–Kier alpha value is 0.160. The molecule has 2 atom stereocenters. The average molecular weight is 272 g/mol. The second-order valence-electron chi connectivity index (χ2n) is 5.32. The minimum absolute atomic E-state index is 0.297. The van der Waals surface area contributed by atoms with E-state index in [1.807, 2.05) is 0 Å². The first-order chi connectivity index (χ1) is 8.22. The maximum absolute atomic E-state index is 11.0. The number of rotatable bonds is 1. The van der Waals surface area contributed by atoms with Gasteiger partial charge in [0.25, 0.3) is 0 Å². The summed E-state index contributed by atoms with van der Waals surface area (Å²) in [7, 11) is 0. The third-order valence-electron chi connectivity index (χ3n) is 4.17. The lowest BCUT2D eigenvalue weighted by atomic mass is 9.91. The van der Waals surface area contributed by atoms with Gasteiger partial charge in [-0.05, 0) is 32.1 Å². The van der Waals surface area contributed by atoms with Gasteiger partial charge < -0.3 is 5.11 Å². The van der Waals surface area contributed by atoms with E-state index < -0.39 is 5.72 Å². The number of hydrazine groups is 1. The maximum Gasteiger partial charge on any atom is 0.165 e. The van der Waals surface area contributed by atoms with Crippen LogP contribution in [0.4, 0.5) is 0 Å². The molecule has 1 N–H and O–H groups in total. The molecule has 2 heterocycles. The number of thiocarbonyl (C=S) groups is 1. The van der Waals surface area contributed by atoms with E-state index in [-0.39, 0.29) is 0 Å². The van der Waals surface area contributed by atoms with E-state index in [0.717, 1.165) is 36.7 Å². The highest BCUT2D eigenvalue weighted by Crippen LogP contribution is 2.47. The fourth-order valence-electron chi connectivity index (χ4n) is 3.27. The van der Waals surface area contributed by atoms with E-state index in [1.54, 1.807) is 11.8 Å². The minimum Gasteiger partial charge on any atom is -0.368 e. The number of thioether (sulfide) groups is 1. The number of aliphatic hydroxyl groups is 1. The third-order valence-corrected chi connectivity index (χ3v) is 5.91. The SMILES string of the molecule is O[C@@]12CCCC[C@@H]1SC(=S)N2N1CCCCC1. The van der Waals surface area contributed by atoms with Crippen LogP contribution in [0.25, 0.3) is 0 Å². The van der Waals surface area contributed by atoms with E-state index in [0.29, 0.717) is 5.25 Å². The van der Waals surface area contributed by atoms with Gasteiger partial charge in [-0.15, -0.1) is 0 Å². The lowest BCUT2D eigenvalue weighted by Gasteiger charge is -2.46. The number of fused-ring (bicyclic) bond motifs is 1. The van der Waals surface area contributed by atoms with Crippen molar-refractivity contribution in [2.45, 2.75) is 55.9 Å². The molecule has 0 amide bonds. The number of piperidine rings is 1. The van der Waals surface area contributed by atoms with Crippen molar-refractivity contribution in [3.8, 4) is 0 Å². The second kappa shape index (κ2) is 4.68. The van der Waals surface area contributed by atoms with Gasteiger partial charge in [-0.3, -0.25) is 5.01 Å². The Balaban J connectivity index is 1.83. The summed E-state index contributed by atoms with van der Waals surface area (Å²) in [6, 6.07) is 0. The van der Waals surface area contributed by atoms with Gasteiger partial charge in [0.05, 0.1) is 5.25 Å². The molecule has 0 spiro atoms. The molecular weight excluding hydrogens is 252 g/mol. The van der Waals surface area contributed by atoms with Gasteiger partial charge in [-0.1, -0.05) is 36.8 Å². The molecule has 3 aliphatic rings. The summed E-state index contributed by atoms with van der Waals surface area (Å²) in [5.41, 5.74) is -0.683. The van der Waals surface area contributed by atoms with Crippen LogP contribution in [0.3, 0.4) is 0 Å². The van der Waals surface area contributed by atoms with Crippen molar-refractivity contribution in [3.05, 3.63) is 0 Å². The van der Waals surface area contributed by atoms with Crippen LogP contribution in [0.5, 0.6) is 0 Å². The summed E-state index contributed by atoms with van der Waals surface area (Å²) < 4.78 is 0.890. The van der Waals surface area contributed by atoms with Crippen LogP contribution in [-0.2, 0) is 0 Å². The number of hydrogen-bond donors (Lipinski definition) is 1. The largest absolute Gasteiger partial charge is 0.368 e. The van der Waals surface area contributed by atoms with Gasteiger partial charge in [0.1, 0.15) is 0 Å². The summed E-state index contributed by atoms with van der Waals surface area (Å²) in [4.78, 5) is 0. The van der Waals surface area contributed by atoms with Crippen LogP contribution < -0.4 is 0 Å². The van der Waals surface area contributed by atoms with Crippen molar-refractivity contribution >= 4 is 28.3 Å². The molecule has 5 heteroatoms. The molecule has 0 unspecified atom stereocenters. The second-order valence-corrected chi connectivity index (χ2v) is 7.16. The fraction of sp³-hybridized carbons (Fsp3) is 0.917. The van der Waals surface area contributed by atoms with Crippen molar-refractivity contribution in [2.24, 2.45) is 0 Å². The van der Waals surface area contributed by atoms with E-state index >= 15 is 0 Å². The van der Waals surface area contributed by atoms with E-state index in [4.69, 9.17) is 12.2 Å². The molecule has 1 saturated carbocycles. The lowest BCUT2D eigenvalue weighted by Crippen LogP contribution is -2.60. The first kappa shape index (κ1) is 12.2. The van der Waals surface area contributed by atoms with Gasteiger partial charge in [0, 0.05) is 13.1 Å². The van der Waals surface area contributed by atoms with Crippen LogP contribution in [-0.4, -0.2) is 43.5 Å². The van der Waals surface area contributed by atoms with E-state index in [9.17, 15) is 5.11 Å². The smallest absolute Gasteiger partial charge is 0.165 e. The van der Waals surface area contributed by atoms with Gasteiger partial charge in [0.15, 0.2) is 10.0 Å². The molecule has 0 aromatic heterocycles. The number of hydrogen-bond acceptors (Lipinski definition) is 4.